The van der Waals surface area contributed by atoms with Crippen LogP contribution in [0.3, 0.4) is 0 Å². The Morgan fingerprint density at radius 1 is 1.14 bits per heavy atom. The number of benzene rings is 1. The third-order valence-corrected chi connectivity index (χ3v) is 1.56. The summed E-state index contributed by atoms with van der Waals surface area (Å²) in [7, 11) is 0. The molecule has 1 aromatic carbocycles. The fourth-order valence-electron chi connectivity index (χ4n) is 0.887. The molecule has 0 radical (unpaired) electrons. The predicted molar refractivity (Wildman–Crippen MR) is 45.9 cm³/mol. The third-order valence-electron chi connectivity index (χ3n) is 1.56. The summed E-state index contributed by atoms with van der Waals surface area (Å²) < 4.78 is 39.7. The molecule has 1 aromatic rings. The minimum absolute atomic E-state index is 0.194. The molecule has 0 unspecified atom stereocenters. The van der Waals surface area contributed by atoms with Crippen molar-refractivity contribution >= 4 is 0 Å². The van der Waals surface area contributed by atoms with E-state index in [9.17, 15) is 13.2 Å². The van der Waals surface area contributed by atoms with Crippen LogP contribution in [0.25, 0.3) is 0 Å². The Bertz CT molecular complexity index is 281. The fraction of sp³-hybridized carbons (Fsp3) is 0.333. The summed E-state index contributed by atoms with van der Waals surface area (Å²) in [6.07, 6.45) is -4.30. The molecule has 5 heteroatoms. The highest BCUT2D eigenvalue weighted by Gasteiger charge is 2.28. The van der Waals surface area contributed by atoms with Gasteiger partial charge in [-0.25, -0.2) is 0 Å². The molecule has 0 aromatic heterocycles. The van der Waals surface area contributed by atoms with Crippen molar-refractivity contribution in [3.05, 3.63) is 29.8 Å². The molecule has 0 fully saturated rings. The van der Waals surface area contributed by atoms with Gasteiger partial charge in [0.15, 0.2) is 6.61 Å². The lowest BCUT2D eigenvalue weighted by atomic mass is 10.2. The number of ether oxygens (including phenoxy) is 1. The van der Waals surface area contributed by atoms with Crippen molar-refractivity contribution in [2.24, 2.45) is 5.73 Å². The Morgan fingerprint density at radius 2 is 1.71 bits per heavy atom. The fourth-order valence-corrected chi connectivity index (χ4v) is 0.887. The van der Waals surface area contributed by atoms with Crippen molar-refractivity contribution < 1.29 is 17.9 Å². The maximum absolute atomic E-state index is 11.7. The van der Waals surface area contributed by atoms with Crippen LogP contribution in [-0.4, -0.2) is 12.8 Å². The number of hydrogen-bond acceptors (Lipinski definition) is 2. The lowest BCUT2D eigenvalue weighted by Gasteiger charge is -2.09. The first-order chi connectivity index (χ1) is 6.51. The first-order valence-corrected chi connectivity index (χ1v) is 4.00. The number of rotatable bonds is 3. The van der Waals surface area contributed by atoms with Crippen LogP contribution in [0.2, 0.25) is 0 Å². The van der Waals surface area contributed by atoms with Crippen molar-refractivity contribution in [1.29, 1.82) is 0 Å². The van der Waals surface area contributed by atoms with E-state index in [1.807, 2.05) is 0 Å². The maximum atomic E-state index is 11.7. The summed E-state index contributed by atoms with van der Waals surface area (Å²) in [5.74, 6) is 0.194. The van der Waals surface area contributed by atoms with Gasteiger partial charge >= 0.3 is 6.18 Å². The molecule has 1 rings (SSSR count). The first-order valence-electron chi connectivity index (χ1n) is 4.00. The van der Waals surface area contributed by atoms with Crippen LogP contribution in [0.15, 0.2) is 24.3 Å². The van der Waals surface area contributed by atoms with E-state index in [-0.39, 0.29) is 5.75 Å². The third kappa shape index (κ3) is 3.66. The van der Waals surface area contributed by atoms with Gasteiger partial charge in [0.05, 0.1) is 0 Å². The van der Waals surface area contributed by atoms with E-state index >= 15 is 0 Å². The maximum Gasteiger partial charge on any atom is 0.422 e. The molecule has 2 nitrogen and oxygen atoms in total. The summed E-state index contributed by atoms with van der Waals surface area (Å²) in [6, 6.07) is 6.19. The quantitative estimate of drug-likeness (QED) is 0.819. The Labute approximate surface area is 79.5 Å². The molecule has 0 aliphatic carbocycles. The number of halogens is 3. The van der Waals surface area contributed by atoms with Crippen molar-refractivity contribution in [3.8, 4) is 5.75 Å². The Balaban J connectivity index is 2.52. The molecule has 0 saturated carbocycles. The average molecular weight is 205 g/mol. The van der Waals surface area contributed by atoms with Gasteiger partial charge in [-0.15, -0.1) is 0 Å². The van der Waals surface area contributed by atoms with E-state index < -0.39 is 12.8 Å². The monoisotopic (exact) mass is 205 g/mol. The second-order valence-corrected chi connectivity index (χ2v) is 2.75. The molecule has 0 atom stereocenters. The molecular weight excluding hydrogens is 195 g/mol. The second kappa shape index (κ2) is 4.32. The van der Waals surface area contributed by atoms with E-state index in [1.165, 1.54) is 12.1 Å². The van der Waals surface area contributed by atoms with Crippen molar-refractivity contribution in [2.45, 2.75) is 12.7 Å². The molecule has 0 aliphatic rings. The van der Waals surface area contributed by atoms with Gasteiger partial charge in [-0.3, -0.25) is 0 Å². The van der Waals surface area contributed by atoms with Crippen molar-refractivity contribution in [3.63, 3.8) is 0 Å². The lowest BCUT2D eigenvalue weighted by molar-refractivity contribution is -0.153. The minimum Gasteiger partial charge on any atom is -0.484 e. The molecular formula is C9H10F3NO. The molecule has 0 saturated heterocycles. The molecule has 78 valence electrons. The minimum atomic E-state index is -4.30. The summed E-state index contributed by atoms with van der Waals surface area (Å²) in [4.78, 5) is 0. The zero-order chi connectivity index (χ0) is 10.6. The summed E-state index contributed by atoms with van der Waals surface area (Å²) >= 11 is 0. The summed E-state index contributed by atoms with van der Waals surface area (Å²) in [5.41, 5.74) is 6.17. The second-order valence-electron chi connectivity index (χ2n) is 2.75. The Hall–Kier alpha value is -1.23. The molecule has 0 heterocycles. The van der Waals surface area contributed by atoms with E-state index in [0.717, 1.165) is 5.56 Å². The predicted octanol–water partition coefficient (Wildman–Crippen LogP) is 2.09. The standard InChI is InChI=1S/C9H10F3NO/c10-9(11,12)6-14-8-3-1-7(5-13)2-4-8/h1-4H,5-6,13H2. The molecule has 0 aliphatic heterocycles. The van der Waals surface area contributed by atoms with Gasteiger partial charge in [0.2, 0.25) is 0 Å². The zero-order valence-corrected chi connectivity index (χ0v) is 7.34. The van der Waals surface area contributed by atoms with Crippen LogP contribution in [0.5, 0.6) is 5.75 Å². The zero-order valence-electron chi connectivity index (χ0n) is 7.34. The summed E-state index contributed by atoms with van der Waals surface area (Å²) in [5, 5.41) is 0. The number of hydrogen-bond donors (Lipinski definition) is 1. The van der Waals surface area contributed by atoms with Crippen molar-refractivity contribution in [1.82, 2.24) is 0 Å². The van der Waals surface area contributed by atoms with E-state index in [2.05, 4.69) is 4.74 Å². The van der Waals surface area contributed by atoms with Crippen LogP contribution in [0.1, 0.15) is 5.56 Å². The largest absolute Gasteiger partial charge is 0.484 e. The van der Waals surface area contributed by atoms with Crippen molar-refractivity contribution in [2.75, 3.05) is 6.61 Å². The van der Waals surface area contributed by atoms with Gasteiger partial charge < -0.3 is 10.5 Å². The Kier molecular flexibility index (Phi) is 3.35. The Morgan fingerprint density at radius 3 is 2.14 bits per heavy atom. The number of nitrogens with two attached hydrogens (primary N) is 1. The highest BCUT2D eigenvalue weighted by molar-refractivity contribution is 5.27. The van der Waals surface area contributed by atoms with Crippen LogP contribution in [0, 0.1) is 0 Å². The SMILES string of the molecule is NCc1ccc(OCC(F)(F)F)cc1. The molecule has 0 amide bonds. The topological polar surface area (TPSA) is 35.2 Å². The molecule has 0 spiro atoms. The van der Waals surface area contributed by atoms with E-state index in [1.54, 1.807) is 12.1 Å². The number of alkyl halides is 3. The van der Waals surface area contributed by atoms with Gasteiger partial charge in [0, 0.05) is 6.54 Å². The van der Waals surface area contributed by atoms with E-state index in [0.29, 0.717) is 6.54 Å². The van der Waals surface area contributed by atoms with Crippen LogP contribution >= 0.6 is 0 Å². The molecule has 0 bridgehead atoms. The van der Waals surface area contributed by atoms with Gasteiger partial charge in [-0.2, -0.15) is 13.2 Å². The van der Waals surface area contributed by atoms with Gasteiger partial charge in [0.25, 0.3) is 0 Å². The highest BCUT2D eigenvalue weighted by atomic mass is 19.4. The van der Waals surface area contributed by atoms with Crippen LogP contribution in [-0.2, 0) is 6.54 Å². The first kappa shape index (κ1) is 10.8. The van der Waals surface area contributed by atoms with Crippen LogP contribution in [0.4, 0.5) is 13.2 Å². The van der Waals surface area contributed by atoms with Gasteiger partial charge in [0.1, 0.15) is 5.75 Å². The lowest BCUT2D eigenvalue weighted by Crippen LogP contribution is -2.19. The molecule has 2 N–H and O–H groups in total. The van der Waals surface area contributed by atoms with Gasteiger partial charge in [-0.1, -0.05) is 12.1 Å². The summed E-state index contributed by atoms with van der Waals surface area (Å²) in [6.45, 7) is -0.908. The smallest absolute Gasteiger partial charge is 0.422 e. The molecule has 14 heavy (non-hydrogen) atoms. The van der Waals surface area contributed by atoms with Crippen LogP contribution < -0.4 is 10.5 Å². The van der Waals surface area contributed by atoms with Gasteiger partial charge in [-0.05, 0) is 17.7 Å². The normalized spacial score (nSPS) is 11.4. The average Bonchev–Trinajstić information content (AvgIpc) is 2.14. The highest BCUT2D eigenvalue weighted by Crippen LogP contribution is 2.18. The van der Waals surface area contributed by atoms with E-state index in [4.69, 9.17) is 5.73 Å².